The van der Waals surface area contributed by atoms with Crippen LogP contribution >= 0.6 is 0 Å². The fourth-order valence-electron chi connectivity index (χ4n) is 1.89. The first-order valence-corrected chi connectivity index (χ1v) is 6.63. The van der Waals surface area contributed by atoms with E-state index in [9.17, 15) is 0 Å². The van der Waals surface area contributed by atoms with Crippen LogP contribution in [-0.4, -0.2) is 35.3 Å². The molecule has 0 radical (unpaired) electrons. The van der Waals surface area contributed by atoms with E-state index < -0.39 is 0 Å². The van der Waals surface area contributed by atoms with Gasteiger partial charge in [0.2, 0.25) is 0 Å². The Kier molecular flexibility index (Phi) is 4.90. The van der Waals surface area contributed by atoms with Crippen LogP contribution in [0.2, 0.25) is 0 Å². The van der Waals surface area contributed by atoms with Crippen molar-refractivity contribution in [2.24, 2.45) is 0 Å². The van der Waals surface area contributed by atoms with E-state index in [2.05, 4.69) is 21.4 Å². The molecule has 2 aromatic rings. The number of aliphatic hydroxyl groups is 1. The van der Waals surface area contributed by atoms with Crippen LogP contribution < -0.4 is 10.2 Å². The third kappa shape index (κ3) is 3.68. The average molecular weight is 272 g/mol. The number of aliphatic hydroxyl groups excluding tert-OH is 1. The van der Waals surface area contributed by atoms with E-state index in [0.717, 1.165) is 22.8 Å². The minimum atomic E-state index is 0.136. The largest absolute Gasteiger partial charge is 0.395 e. The summed E-state index contributed by atoms with van der Waals surface area (Å²) in [7, 11) is 1.93. The molecule has 0 aliphatic carbocycles. The lowest BCUT2D eigenvalue weighted by Crippen LogP contribution is -2.21. The van der Waals surface area contributed by atoms with Crippen molar-refractivity contribution in [1.82, 2.24) is 9.97 Å². The zero-order chi connectivity index (χ0) is 14.4. The van der Waals surface area contributed by atoms with Crippen LogP contribution in [0.5, 0.6) is 0 Å². The smallest absolute Gasteiger partial charge is 0.126 e. The van der Waals surface area contributed by atoms with Gasteiger partial charge in [-0.3, -0.25) is 4.98 Å². The fourth-order valence-corrected chi connectivity index (χ4v) is 1.89. The van der Waals surface area contributed by atoms with Crippen LogP contribution in [0.1, 0.15) is 11.3 Å². The third-order valence-corrected chi connectivity index (χ3v) is 3.20. The highest BCUT2D eigenvalue weighted by molar-refractivity contribution is 5.49. The third-order valence-electron chi connectivity index (χ3n) is 3.20. The van der Waals surface area contributed by atoms with Gasteiger partial charge in [0.05, 0.1) is 18.5 Å². The number of rotatable bonds is 6. The van der Waals surface area contributed by atoms with E-state index in [-0.39, 0.29) is 6.61 Å². The van der Waals surface area contributed by atoms with Crippen molar-refractivity contribution in [3.63, 3.8) is 0 Å². The number of nitrogens with one attached hydrogen (secondary N) is 1. The van der Waals surface area contributed by atoms with Gasteiger partial charge in [-0.25, -0.2) is 4.98 Å². The highest BCUT2D eigenvalue weighted by atomic mass is 16.3. The van der Waals surface area contributed by atoms with E-state index >= 15 is 0 Å². The zero-order valence-electron chi connectivity index (χ0n) is 11.9. The summed E-state index contributed by atoms with van der Waals surface area (Å²) >= 11 is 0. The van der Waals surface area contributed by atoms with E-state index in [0.29, 0.717) is 13.1 Å². The van der Waals surface area contributed by atoms with Crippen LogP contribution in [0.15, 0.2) is 36.7 Å². The van der Waals surface area contributed by atoms with Gasteiger partial charge < -0.3 is 15.3 Å². The molecule has 0 amide bonds. The summed E-state index contributed by atoms with van der Waals surface area (Å²) in [6.07, 6.45) is 3.59. The second-order valence-electron chi connectivity index (χ2n) is 4.65. The van der Waals surface area contributed by atoms with Crippen molar-refractivity contribution in [3.8, 4) is 0 Å². The highest BCUT2D eigenvalue weighted by Gasteiger charge is 2.02. The van der Waals surface area contributed by atoms with Gasteiger partial charge in [-0.05, 0) is 30.7 Å². The first-order valence-electron chi connectivity index (χ1n) is 6.63. The van der Waals surface area contributed by atoms with Crippen LogP contribution in [-0.2, 0) is 6.54 Å². The average Bonchev–Trinajstić information content (AvgIpc) is 2.47. The summed E-state index contributed by atoms with van der Waals surface area (Å²) in [5, 5.41) is 12.2. The molecule has 0 fully saturated rings. The molecule has 0 bridgehead atoms. The monoisotopic (exact) mass is 272 g/mol. The molecule has 2 aromatic heterocycles. The quantitative estimate of drug-likeness (QED) is 0.840. The molecule has 0 aliphatic rings. The minimum absolute atomic E-state index is 0.136. The Bertz CT molecular complexity index is 542. The zero-order valence-corrected chi connectivity index (χ0v) is 11.9. The molecule has 0 atom stereocenters. The van der Waals surface area contributed by atoms with E-state index in [1.807, 2.05) is 37.1 Å². The Morgan fingerprint density at radius 1 is 1.25 bits per heavy atom. The molecule has 5 heteroatoms. The van der Waals surface area contributed by atoms with Crippen LogP contribution in [0.4, 0.5) is 11.5 Å². The molecule has 0 saturated heterocycles. The predicted molar refractivity (Wildman–Crippen MR) is 80.9 cm³/mol. The Balaban J connectivity index is 1.96. The van der Waals surface area contributed by atoms with Crippen LogP contribution in [0.3, 0.4) is 0 Å². The van der Waals surface area contributed by atoms with Gasteiger partial charge in [0.15, 0.2) is 0 Å². The Morgan fingerprint density at radius 2 is 2.10 bits per heavy atom. The summed E-state index contributed by atoms with van der Waals surface area (Å²) in [4.78, 5) is 10.6. The van der Waals surface area contributed by atoms with Gasteiger partial charge in [0.25, 0.3) is 0 Å². The second-order valence-corrected chi connectivity index (χ2v) is 4.65. The van der Waals surface area contributed by atoms with Crippen molar-refractivity contribution in [2.75, 3.05) is 30.4 Å². The van der Waals surface area contributed by atoms with E-state index in [1.54, 1.807) is 12.4 Å². The van der Waals surface area contributed by atoms with Crippen LogP contribution in [0, 0.1) is 6.92 Å². The summed E-state index contributed by atoms with van der Waals surface area (Å²) in [6.45, 7) is 3.44. The number of hydrogen-bond acceptors (Lipinski definition) is 5. The van der Waals surface area contributed by atoms with Crippen molar-refractivity contribution in [2.45, 2.75) is 13.5 Å². The van der Waals surface area contributed by atoms with Crippen molar-refractivity contribution >= 4 is 11.5 Å². The molecule has 0 spiro atoms. The normalized spacial score (nSPS) is 10.3. The molecule has 2 rings (SSSR count). The van der Waals surface area contributed by atoms with Gasteiger partial charge in [0, 0.05) is 32.0 Å². The number of aryl methyl sites for hydroxylation is 1. The van der Waals surface area contributed by atoms with Gasteiger partial charge in [-0.1, -0.05) is 6.07 Å². The molecule has 5 nitrogen and oxygen atoms in total. The fraction of sp³-hybridized carbons (Fsp3) is 0.333. The Labute approximate surface area is 119 Å². The molecule has 0 saturated carbocycles. The number of pyridine rings is 2. The summed E-state index contributed by atoms with van der Waals surface area (Å²) in [6, 6.07) is 7.92. The number of hydrogen-bond donors (Lipinski definition) is 2. The summed E-state index contributed by atoms with van der Waals surface area (Å²) in [5.41, 5.74) is 3.18. The van der Waals surface area contributed by atoms with Crippen molar-refractivity contribution < 1.29 is 5.11 Å². The molecule has 20 heavy (non-hydrogen) atoms. The molecule has 2 heterocycles. The minimum Gasteiger partial charge on any atom is -0.395 e. The SMILES string of the molecule is Cc1ncccc1CNc1ccc(N(C)CCO)cn1. The maximum absolute atomic E-state index is 8.91. The maximum Gasteiger partial charge on any atom is 0.126 e. The number of nitrogens with zero attached hydrogens (tertiary/aromatic N) is 3. The van der Waals surface area contributed by atoms with Crippen molar-refractivity contribution in [3.05, 3.63) is 47.9 Å². The van der Waals surface area contributed by atoms with Gasteiger partial charge >= 0.3 is 0 Å². The number of anilines is 2. The molecule has 106 valence electrons. The van der Waals surface area contributed by atoms with Gasteiger partial charge in [-0.2, -0.15) is 0 Å². The topological polar surface area (TPSA) is 61.3 Å². The van der Waals surface area contributed by atoms with Crippen LogP contribution in [0.25, 0.3) is 0 Å². The van der Waals surface area contributed by atoms with E-state index in [4.69, 9.17) is 5.11 Å². The maximum atomic E-state index is 8.91. The lowest BCUT2D eigenvalue weighted by molar-refractivity contribution is 0.304. The number of likely N-dealkylation sites (N-methyl/N-ethyl adjacent to an activating group) is 1. The van der Waals surface area contributed by atoms with Crippen molar-refractivity contribution in [1.29, 1.82) is 0 Å². The number of aromatic nitrogens is 2. The summed E-state index contributed by atoms with van der Waals surface area (Å²) in [5.74, 6) is 0.828. The second kappa shape index (κ2) is 6.86. The first kappa shape index (κ1) is 14.3. The van der Waals surface area contributed by atoms with Gasteiger partial charge in [-0.15, -0.1) is 0 Å². The summed E-state index contributed by atoms with van der Waals surface area (Å²) < 4.78 is 0. The molecule has 2 N–H and O–H groups in total. The molecule has 0 unspecified atom stereocenters. The van der Waals surface area contributed by atoms with E-state index in [1.165, 1.54) is 0 Å². The molecule has 0 aliphatic heterocycles. The predicted octanol–water partition coefficient (Wildman–Crippen LogP) is 1.83. The molecule has 0 aromatic carbocycles. The molecular weight excluding hydrogens is 252 g/mol. The lowest BCUT2D eigenvalue weighted by Gasteiger charge is -2.17. The highest BCUT2D eigenvalue weighted by Crippen LogP contribution is 2.14. The van der Waals surface area contributed by atoms with Gasteiger partial charge in [0.1, 0.15) is 5.82 Å². The lowest BCUT2D eigenvalue weighted by atomic mass is 10.2. The first-order chi connectivity index (χ1) is 9.70. The Hall–Kier alpha value is -2.14. The molecular formula is C15H20N4O. The standard InChI is InChI=1S/C15H20N4O/c1-12-13(4-3-7-16-12)10-17-15-6-5-14(11-18-15)19(2)8-9-20/h3-7,11,20H,8-10H2,1-2H3,(H,17,18). The Morgan fingerprint density at radius 3 is 2.75 bits per heavy atom.